The molecule has 4 nitrogen and oxygen atoms in total. The quantitative estimate of drug-likeness (QED) is 0.683. The van der Waals surface area contributed by atoms with Gasteiger partial charge in [-0.2, -0.15) is 0 Å². The number of nitrogens with one attached hydrogen (secondary N) is 1. The van der Waals surface area contributed by atoms with Crippen molar-refractivity contribution >= 4 is 40.3 Å². The van der Waals surface area contributed by atoms with Gasteiger partial charge in [0.05, 0.1) is 17.7 Å². The molecule has 6 heteroatoms. The lowest BCUT2D eigenvalue weighted by Gasteiger charge is -2.13. The van der Waals surface area contributed by atoms with Crippen LogP contribution in [0.4, 0.5) is 0 Å². The van der Waals surface area contributed by atoms with E-state index in [-0.39, 0.29) is 5.91 Å². The van der Waals surface area contributed by atoms with Gasteiger partial charge in [-0.1, -0.05) is 36.1 Å². The first-order valence-electron chi connectivity index (χ1n) is 7.08. The molecule has 1 fully saturated rings. The van der Waals surface area contributed by atoms with Crippen molar-refractivity contribution < 1.29 is 9.53 Å². The van der Waals surface area contributed by atoms with Crippen LogP contribution in [0.5, 0.6) is 5.75 Å². The van der Waals surface area contributed by atoms with Crippen LogP contribution in [0.1, 0.15) is 17.0 Å². The van der Waals surface area contributed by atoms with Crippen molar-refractivity contribution in [2.45, 2.75) is 13.8 Å². The van der Waals surface area contributed by atoms with Gasteiger partial charge in [-0.15, -0.1) is 0 Å². The normalized spacial score (nSPS) is 16.0. The van der Waals surface area contributed by atoms with Crippen LogP contribution in [0.3, 0.4) is 0 Å². The zero-order valence-electron chi connectivity index (χ0n) is 13.0. The standard InChI is InChI=1S/C17H16N2O2S2/c1-10-8-12(9-15-16(20)18-17(22)23-15)11(2)19(10)13-6-4-5-7-14(13)21-3/h4-9H,1-3H3,(H,18,20,22)/b15-9-. The second-order valence-corrected chi connectivity index (χ2v) is 6.90. The number of hydrogen-bond acceptors (Lipinski definition) is 4. The van der Waals surface area contributed by atoms with Gasteiger partial charge < -0.3 is 14.6 Å². The molecule has 1 aliphatic rings. The van der Waals surface area contributed by atoms with Gasteiger partial charge in [0.2, 0.25) is 0 Å². The summed E-state index contributed by atoms with van der Waals surface area (Å²) in [6.07, 6.45) is 1.88. The van der Waals surface area contributed by atoms with Crippen LogP contribution >= 0.6 is 24.0 Å². The number of thioether (sulfide) groups is 1. The number of hydrogen-bond donors (Lipinski definition) is 1. The minimum atomic E-state index is -0.137. The molecule has 1 N–H and O–H groups in total. The summed E-state index contributed by atoms with van der Waals surface area (Å²) in [4.78, 5) is 12.5. The number of methoxy groups -OCH3 is 1. The van der Waals surface area contributed by atoms with Crippen LogP contribution in [0, 0.1) is 13.8 Å². The molecule has 1 aliphatic heterocycles. The largest absolute Gasteiger partial charge is 0.495 e. The number of benzene rings is 1. The minimum absolute atomic E-state index is 0.137. The molecule has 0 atom stereocenters. The summed E-state index contributed by atoms with van der Waals surface area (Å²) in [6, 6.07) is 9.93. The average Bonchev–Trinajstić information content (AvgIpc) is 2.98. The van der Waals surface area contributed by atoms with E-state index in [1.165, 1.54) is 11.8 Å². The number of para-hydroxylation sites is 2. The Hall–Kier alpha value is -2.05. The third kappa shape index (κ3) is 2.92. The molecule has 0 aliphatic carbocycles. The van der Waals surface area contributed by atoms with E-state index in [2.05, 4.69) is 16.0 Å². The third-order valence-electron chi connectivity index (χ3n) is 3.72. The second-order valence-electron chi connectivity index (χ2n) is 5.19. The Balaban J connectivity index is 2.09. The Kier molecular flexibility index (Phi) is 4.28. The number of aryl methyl sites for hydroxylation is 1. The van der Waals surface area contributed by atoms with Crippen molar-refractivity contribution in [1.29, 1.82) is 0 Å². The molecule has 1 aromatic carbocycles. The molecule has 23 heavy (non-hydrogen) atoms. The Morgan fingerprint density at radius 3 is 2.70 bits per heavy atom. The van der Waals surface area contributed by atoms with Crippen LogP contribution in [-0.4, -0.2) is 21.9 Å². The average molecular weight is 344 g/mol. The number of carbonyl (C=O) groups is 1. The van der Waals surface area contributed by atoms with E-state index in [4.69, 9.17) is 17.0 Å². The molecule has 0 unspecified atom stereocenters. The van der Waals surface area contributed by atoms with Gasteiger partial charge in [-0.25, -0.2) is 0 Å². The van der Waals surface area contributed by atoms with Crippen molar-refractivity contribution in [3.05, 3.63) is 52.2 Å². The topological polar surface area (TPSA) is 43.3 Å². The predicted octanol–water partition coefficient (Wildman–Crippen LogP) is 3.59. The minimum Gasteiger partial charge on any atom is -0.495 e. The summed E-state index contributed by atoms with van der Waals surface area (Å²) in [5.41, 5.74) is 4.10. The fraction of sp³-hybridized carbons (Fsp3) is 0.176. The highest BCUT2D eigenvalue weighted by Crippen LogP contribution is 2.31. The summed E-state index contributed by atoms with van der Waals surface area (Å²) >= 11 is 6.32. The van der Waals surface area contributed by atoms with Gasteiger partial charge >= 0.3 is 0 Å². The number of amides is 1. The Labute approximate surface area is 144 Å². The van der Waals surface area contributed by atoms with Crippen LogP contribution in [-0.2, 0) is 4.79 Å². The molecular weight excluding hydrogens is 328 g/mol. The lowest BCUT2D eigenvalue weighted by molar-refractivity contribution is -0.115. The third-order valence-corrected chi connectivity index (χ3v) is 4.89. The Morgan fingerprint density at radius 2 is 2.04 bits per heavy atom. The monoisotopic (exact) mass is 344 g/mol. The SMILES string of the molecule is COc1ccccc1-n1c(C)cc(/C=C2\SC(=S)NC2=O)c1C. The molecule has 1 amide bonds. The van der Waals surface area contributed by atoms with Gasteiger partial charge in [0, 0.05) is 11.4 Å². The lowest BCUT2D eigenvalue weighted by Crippen LogP contribution is -2.17. The van der Waals surface area contributed by atoms with E-state index in [0.29, 0.717) is 9.23 Å². The van der Waals surface area contributed by atoms with E-state index in [1.807, 2.05) is 44.2 Å². The zero-order valence-corrected chi connectivity index (χ0v) is 14.7. The molecular formula is C17H16N2O2S2. The van der Waals surface area contributed by atoms with Gasteiger partial charge in [-0.05, 0) is 43.7 Å². The fourth-order valence-corrected chi connectivity index (χ4v) is 3.72. The Morgan fingerprint density at radius 1 is 1.30 bits per heavy atom. The van der Waals surface area contributed by atoms with Crippen LogP contribution in [0.25, 0.3) is 11.8 Å². The van der Waals surface area contributed by atoms with Crippen molar-refractivity contribution in [3.8, 4) is 11.4 Å². The summed E-state index contributed by atoms with van der Waals surface area (Å²) in [7, 11) is 1.66. The van der Waals surface area contributed by atoms with E-state index in [1.54, 1.807) is 7.11 Å². The summed E-state index contributed by atoms with van der Waals surface area (Å²) in [5.74, 6) is 0.671. The first-order valence-corrected chi connectivity index (χ1v) is 8.31. The maximum absolute atomic E-state index is 11.8. The molecule has 0 bridgehead atoms. The van der Waals surface area contributed by atoms with Crippen LogP contribution in [0.2, 0.25) is 0 Å². The number of rotatable bonds is 3. The molecule has 118 valence electrons. The molecule has 0 radical (unpaired) electrons. The Bertz CT molecular complexity index is 837. The van der Waals surface area contributed by atoms with Gasteiger partial charge in [0.25, 0.3) is 5.91 Å². The lowest BCUT2D eigenvalue weighted by atomic mass is 10.2. The molecule has 1 aromatic heterocycles. The van der Waals surface area contributed by atoms with Crippen molar-refractivity contribution in [3.63, 3.8) is 0 Å². The van der Waals surface area contributed by atoms with Gasteiger partial charge in [0.15, 0.2) is 0 Å². The molecule has 0 saturated carbocycles. The van der Waals surface area contributed by atoms with E-state index in [0.717, 1.165) is 28.4 Å². The first-order chi connectivity index (χ1) is 11.0. The van der Waals surface area contributed by atoms with Crippen molar-refractivity contribution in [2.75, 3.05) is 7.11 Å². The first kappa shape index (κ1) is 15.8. The fourth-order valence-electron chi connectivity index (χ4n) is 2.68. The van der Waals surface area contributed by atoms with Gasteiger partial charge in [0.1, 0.15) is 10.1 Å². The maximum atomic E-state index is 11.8. The number of aromatic nitrogens is 1. The summed E-state index contributed by atoms with van der Waals surface area (Å²) < 4.78 is 8.09. The maximum Gasteiger partial charge on any atom is 0.263 e. The number of nitrogens with zero attached hydrogens (tertiary/aromatic N) is 1. The molecule has 2 heterocycles. The predicted molar refractivity (Wildman–Crippen MR) is 98.1 cm³/mol. The van der Waals surface area contributed by atoms with Gasteiger partial charge in [-0.3, -0.25) is 4.79 Å². The van der Waals surface area contributed by atoms with E-state index >= 15 is 0 Å². The van der Waals surface area contributed by atoms with Crippen molar-refractivity contribution in [2.24, 2.45) is 0 Å². The molecule has 2 aromatic rings. The van der Waals surface area contributed by atoms with E-state index < -0.39 is 0 Å². The molecule has 3 rings (SSSR count). The van der Waals surface area contributed by atoms with Crippen molar-refractivity contribution in [1.82, 2.24) is 9.88 Å². The smallest absolute Gasteiger partial charge is 0.263 e. The highest BCUT2D eigenvalue weighted by molar-refractivity contribution is 8.26. The highest BCUT2D eigenvalue weighted by Gasteiger charge is 2.23. The number of thiocarbonyl (C=S) groups is 1. The van der Waals surface area contributed by atoms with E-state index in [9.17, 15) is 4.79 Å². The van der Waals surface area contributed by atoms with Crippen LogP contribution in [0.15, 0.2) is 35.2 Å². The molecule has 1 saturated heterocycles. The summed E-state index contributed by atoms with van der Waals surface area (Å²) in [5, 5.41) is 2.64. The molecule has 0 spiro atoms. The zero-order chi connectivity index (χ0) is 16.6. The number of ether oxygens (including phenoxy) is 1. The van der Waals surface area contributed by atoms with Crippen LogP contribution < -0.4 is 10.1 Å². The highest BCUT2D eigenvalue weighted by atomic mass is 32.2. The second kappa shape index (κ2) is 6.22. The summed E-state index contributed by atoms with van der Waals surface area (Å²) in [6.45, 7) is 4.07. The number of carbonyl (C=O) groups excluding carboxylic acids is 1.